The Morgan fingerprint density at radius 3 is 2.67 bits per heavy atom. The van der Waals surface area contributed by atoms with Crippen molar-refractivity contribution in [2.45, 2.75) is 6.92 Å². The average molecular weight is 333 g/mol. The highest BCUT2D eigenvalue weighted by atomic mass is 79.9. The van der Waals surface area contributed by atoms with Crippen LogP contribution < -0.4 is 0 Å². The maximum absolute atomic E-state index is 11.5. The van der Waals surface area contributed by atoms with Crippen LogP contribution in [0.1, 0.15) is 22.8 Å². The van der Waals surface area contributed by atoms with Crippen molar-refractivity contribution < 1.29 is 9.53 Å². The normalized spacial score (nSPS) is 9.47. The minimum absolute atomic E-state index is 0.322. The molecule has 0 spiro atoms. The first-order valence-corrected chi connectivity index (χ1v) is 5.75. The van der Waals surface area contributed by atoms with E-state index < -0.39 is 5.97 Å². The molecule has 0 aliphatic carbocycles. The number of hydrogen-bond donors (Lipinski definition) is 0. The topological polar surface area (TPSA) is 50.1 Å². The second kappa shape index (κ2) is 5.29. The first kappa shape index (κ1) is 12.2. The second-order valence-corrected chi connectivity index (χ2v) is 4.35. The Balaban J connectivity index is 3.17. The monoisotopic (exact) mass is 331 g/mol. The number of rotatable bonds is 2. The van der Waals surface area contributed by atoms with Gasteiger partial charge in [-0.05, 0) is 50.9 Å². The van der Waals surface area contributed by atoms with Crippen LogP contribution in [0, 0.1) is 11.3 Å². The number of carbonyl (C=O) groups is 1. The van der Waals surface area contributed by atoms with E-state index >= 15 is 0 Å². The van der Waals surface area contributed by atoms with Crippen molar-refractivity contribution >= 4 is 37.8 Å². The largest absolute Gasteiger partial charge is 0.462 e. The molecule has 0 fully saturated rings. The molecule has 0 bridgehead atoms. The van der Waals surface area contributed by atoms with Crippen LogP contribution in [0.4, 0.5) is 0 Å². The van der Waals surface area contributed by atoms with E-state index in [2.05, 4.69) is 31.9 Å². The quantitative estimate of drug-likeness (QED) is 0.781. The van der Waals surface area contributed by atoms with E-state index in [1.807, 2.05) is 6.07 Å². The molecule has 0 N–H and O–H groups in total. The molecule has 1 rings (SSSR count). The summed E-state index contributed by atoms with van der Waals surface area (Å²) in [6.45, 7) is 2.06. The van der Waals surface area contributed by atoms with Crippen molar-refractivity contribution in [3.8, 4) is 6.07 Å². The lowest BCUT2D eigenvalue weighted by Crippen LogP contribution is -2.05. The standard InChI is InChI=1S/C10H7Br2NO2/c1-2-15-10(14)7-4-8(11)6(5-13)3-9(7)12/h3-4H,2H2,1H3. The molecule has 5 heteroatoms. The molecule has 0 saturated heterocycles. The van der Waals surface area contributed by atoms with E-state index in [4.69, 9.17) is 10.00 Å². The molecule has 0 aliphatic rings. The third-order valence-corrected chi connectivity index (χ3v) is 2.98. The van der Waals surface area contributed by atoms with Crippen LogP contribution in [0.15, 0.2) is 21.1 Å². The molecule has 3 nitrogen and oxygen atoms in total. The molecular weight excluding hydrogens is 326 g/mol. The number of benzene rings is 1. The number of nitriles is 1. The second-order valence-electron chi connectivity index (χ2n) is 2.64. The van der Waals surface area contributed by atoms with Crippen LogP contribution in [-0.4, -0.2) is 12.6 Å². The molecule has 1 aromatic carbocycles. The zero-order valence-electron chi connectivity index (χ0n) is 7.88. The zero-order valence-corrected chi connectivity index (χ0v) is 11.1. The van der Waals surface area contributed by atoms with Crippen LogP contribution in [0.2, 0.25) is 0 Å². The molecule has 78 valence electrons. The Kier molecular flexibility index (Phi) is 4.30. The molecule has 1 aromatic rings. The molecule has 0 heterocycles. The van der Waals surface area contributed by atoms with Crippen molar-refractivity contribution in [1.29, 1.82) is 5.26 Å². The summed E-state index contributed by atoms with van der Waals surface area (Å²) in [5.74, 6) is -0.408. The SMILES string of the molecule is CCOC(=O)c1cc(Br)c(C#N)cc1Br. The summed E-state index contributed by atoms with van der Waals surface area (Å²) in [5.41, 5.74) is 0.873. The van der Waals surface area contributed by atoms with E-state index in [0.717, 1.165) is 0 Å². The van der Waals surface area contributed by atoms with Crippen LogP contribution in [0.5, 0.6) is 0 Å². The van der Waals surface area contributed by atoms with Gasteiger partial charge in [0.1, 0.15) is 6.07 Å². The van der Waals surface area contributed by atoms with Gasteiger partial charge in [-0.3, -0.25) is 0 Å². The van der Waals surface area contributed by atoms with Crippen molar-refractivity contribution in [2.24, 2.45) is 0 Å². The third kappa shape index (κ3) is 2.80. The number of halogens is 2. The van der Waals surface area contributed by atoms with Gasteiger partial charge in [0.2, 0.25) is 0 Å². The smallest absolute Gasteiger partial charge is 0.339 e. The van der Waals surface area contributed by atoms with Crippen molar-refractivity contribution in [3.05, 3.63) is 32.2 Å². The highest BCUT2D eigenvalue weighted by molar-refractivity contribution is 9.11. The maximum Gasteiger partial charge on any atom is 0.339 e. The molecule has 0 unspecified atom stereocenters. The lowest BCUT2D eigenvalue weighted by Gasteiger charge is -2.05. The molecule has 0 radical (unpaired) electrons. The van der Waals surface area contributed by atoms with E-state index in [1.165, 1.54) is 0 Å². The Bertz CT molecular complexity index is 438. The fourth-order valence-corrected chi connectivity index (χ4v) is 1.94. The van der Waals surface area contributed by atoms with Crippen LogP contribution in [-0.2, 0) is 4.74 Å². The Morgan fingerprint density at radius 1 is 1.47 bits per heavy atom. The summed E-state index contributed by atoms with van der Waals surface area (Å²) in [4.78, 5) is 11.5. The van der Waals surface area contributed by atoms with Crippen molar-refractivity contribution in [3.63, 3.8) is 0 Å². The fourth-order valence-electron chi connectivity index (χ4n) is 0.998. The number of ether oxygens (including phenoxy) is 1. The van der Waals surface area contributed by atoms with Crippen molar-refractivity contribution in [1.82, 2.24) is 0 Å². The van der Waals surface area contributed by atoms with Gasteiger partial charge in [-0.2, -0.15) is 5.26 Å². The molecule has 0 atom stereocenters. The van der Waals surface area contributed by atoms with Gasteiger partial charge in [0.25, 0.3) is 0 Å². The van der Waals surface area contributed by atoms with Gasteiger partial charge in [-0.25, -0.2) is 4.79 Å². The zero-order chi connectivity index (χ0) is 11.4. The van der Waals surface area contributed by atoms with Gasteiger partial charge >= 0.3 is 5.97 Å². The van der Waals surface area contributed by atoms with E-state index in [1.54, 1.807) is 19.1 Å². The van der Waals surface area contributed by atoms with Gasteiger partial charge in [-0.15, -0.1) is 0 Å². The Morgan fingerprint density at radius 2 is 2.13 bits per heavy atom. The first-order chi connectivity index (χ1) is 7.10. The summed E-state index contributed by atoms with van der Waals surface area (Å²) in [5, 5.41) is 8.76. The number of carbonyl (C=O) groups excluding carboxylic acids is 1. The molecular formula is C10H7Br2NO2. The third-order valence-electron chi connectivity index (χ3n) is 1.67. The van der Waals surface area contributed by atoms with E-state index in [9.17, 15) is 4.79 Å². The molecule has 15 heavy (non-hydrogen) atoms. The van der Waals surface area contributed by atoms with Gasteiger partial charge in [-0.1, -0.05) is 0 Å². The Labute approximate surface area is 104 Å². The average Bonchev–Trinajstić information content (AvgIpc) is 2.21. The van der Waals surface area contributed by atoms with Gasteiger partial charge in [0.15, 0.2) is 0 Å². The maximum atomic E-state index is 11.5. The summed E-state index contributed by atoms with van der Waals surface area (Å²) in [6.07, 6.45) is 0. The molecule has 0 saturated carbocycles. The van der Waals surface area contributed by atoms with E-state index in [-0.39, 0.29) is 0 Å². The summed E-state index contributed by atoms with van der Waals surface area (Å²) >= 11 is 6.43. The highest BCUT2D eigenvalue weighted by Crippen LogP contribution is 2.26. The van der Waals surface area contributed by atoms with Gasteiger partial charge in [0.05, 0.1) is 17.7 Å². The number of hydrogen-bond acceptors (Lipinski definition) is 3. The fraction of sp³-hybridized carbons (Fsp3) is 0.200. The molecule has 0 amide bonds. The molecule has 0 aliphatic heterocycles. The van der Waals surface area contributed by atoms with Crippen LogP contribution in [0.25, 0.3) is 0 Å². The van der Waals surface area contributed by atoms with Gasteiger partial charge in [0, 0.05) is 8.95 Å². The minimum Gasteiger partial charge on any atom is -0.462 e. The summed E-state index contributed by atoms with van der Waals surface area (Å²) in [6, 6.07) is 5.15. The predicted octanol–water partition coefficient (Wildman–Crippen LogP) is 3.26. The lowest BCUT2D eigenvalue weighted by atomic mass is 10.1. The Hall–Kier alpha value is -0.860. The van der Waals surface area contributed by atoms with E-state index in [0.29, 0.717) is 26.7 Å². The first-order valence-electron chi connectivity index (χ1n) is 4.16. The van der Waals surface area contributed by atoms with Crippen LogP contribution >= 0.6 is 31.9 Å². The summed E-state index contributed by atoms with van der Waals surface area (Å²) in [7, 11) is 0. The van der Waals surface area contributed by atoms with Crippen LogP contribution in [0.3, 0.4) is 0 Å². The summed E-state index contributed by atoms with van der Waals surface area (Å²) < 4.78 is 6.00. The highest BCUT2D eigenvalue weighted by Gasteiger charge is 2.13. The minimum atomic E-state index is -0.408. The van der Waals surface area contributed by atoms with Crippen molar-refractivity contribution in [2.75, 3.05) is 6.61 Å². The van der Waals surface area contributed by atoms with Gasteiger partial charge < -0.3 is 4.74 Å². The number of nitrogens with zero attached hydrogens (tertiary/aromatic N) is 1. The lowest BCUT2D eigenvalue weighted by molar-refractivity contribution is 0.0525. The predicted molar refractivity (Wildman–Crippen MR) is 62.5 cm³/mol. The number of esters is 1. The molecule has 0 aromatic heterocycles.